The van der Waals surface area contributed by atoms with E-state index in [4.69, 9.17) is 0 Å². The molecule has 0 bridgehead atoms. The summed E-state index contributed by atoms with van der Waals surface area (Å²) in [5.41, 5.74) is 1.29. The van der Waals surface area contributed by atoms with Crippen LogP contribution in [0.1, 0.15) is 36.8 Å². The first-order valence-corrected chi connectivity index (χ1v) is 9.18. The molecule has 1 aliphatic heterocycles. The van der Waals surface area contributed by atoms with Gasteiger partial charge >= 0.3 is 0 Å². The molecule has 0 saturated heterocycles. The molecule has 1 atom stereocenters. The zero-order valence-electron chi connectivity index (χ0n) is 12.6. The molecule has 1 aromatic heterocycles. The molecule has 23 heavy (non-hydrogen) atoms. The highest BCUT2D eigenvalue weighted by Gasteiger charge is 2.30. The van der Waals surface area contributed by atoms with Crippen molar-refractivity contribution in [1.82, 2.24) is 9.97 Å². The number of halogens is 1. The molecule has 2 heterocycles. The lowest BCUT2D eigenvalue weighted by atomic mass is 9.87. The van der Waals surface area contributed by atoms with Gasteiger partial charge in [-0.1, -0.05) is 46.7 Å². The number of nitrogens with zero attached hydrogens (tertiary/aromatic N) is 1. The van der Waals surface area contributed by atoms with Crippen LogP contribution in [-0.4, -0.2) is 21.6 Å². The average molecular weight is 394 g/mol. The van der Waals surface area contributed by atoms with Gasteiger partial charge in [-0.15, -0.1) is 0 Å². The van der Waals surface area contributed by atoms with Crippen LogP contribution in [0.25, 0.3) is 0 Å². The monoisotopic (exact) mass is 393 g/mol. The number of aromatic amines is 1. The Morgan fingerprint density at radius 1 is 1.30 bits per heavy atom. The average Bonchev–Trinajstić information content (AvgIpc) is 2.52. The van der Waals surface area contributed by atoms with Gasteiger partial charge < -0.3 is 10.3 Å². The summed E-state index contributed by atoms with van der Waals surface area (Å²) in [7, 11) is 0. The van der Waals surface area contributed by atoms with Crippen LogP contribution in [0.15, 0.2) is 38.7 Å². The zero-order valence-corrected chi connectivity index (χ0v) is 15.0. The predicted octanol–water partition coefficient (Wildman–Crippen LogP) is 3.51. The largest absolute Gasteiger partial charge is 0.310 e. The van der Waals surface area contributed by atoms with Crippen molar-refractivity contribution in [1.29, 1.82) is 0 Å². The third kappa shape index (κ3) is 3.50. The first-order chi connectivity index (χ1) is 11.1. The molecule has 1 aromatic carbocycles. The second kappa shape index (κ2) is 6.88. The molecule has 7 heteroatoms. The zero-order chi connectivity index (χ0) is 16.4. The Morgan fingerprint density at radius 3 is 2.74 bits per heavy atom. The number of anilines is 1. The van der Waals surface area contributed by atoms with E-state index < -0.39 is 0 Å². The van der Waals surface area contributed by atoms with E-state index in [-0.39, 0.29) is 23.8 Å². The van der Waals surface area contributed by atoms with Crippen LogP contribution in [0.5, 0.6) is 0 Å². The predicted molar refractivity (Wildman–Crippen MR) is 95.1 cm³/mol. The molecule has 0 fully saturated rings. The fraction of sp³-hybridized carbons (Fsp3) is 0.312. The molecule has 1 amide bonds. The summed E-state index contributed by atoms with van der Waals surface area (Å²) in [4.78, 5) is 31.8. The van der Waals surface area contributed by atoms with E-state index in [2.05, 4.69) is 38.1 Å². The molecular formula is C16H16BrN3O2S. The molecule has 2 aromatic rings. The summed E-state index contributed by atoms with van der Waals surface area (Å²) in [6.07, 6.45) is 1.24. The first-order valence-electron chi connectivity index (χ1n) is 7.40. The van der Waals surface area contributed by atoms with Gasteiger partial charge in [-0.2, -0.15) is 0 Å². The van der Waals surface area contributed by atoms with Crippen LogP contribution in [0.3, 0.4) is 0 Å². The van der Waals surface area contributed by atoms with Crippen molar-refractivity contribution >= 4 is 39.4 Å². The molecule has 3 rings (SSSR count). The van der Waals surface area contributed by atoms with Gasteiger partial charge in [-0.25, -0.2) is 4.98 Å². The number of benzene rings is 1. The van der Waals surface area contributed by atoms with Gasteiger partial charge in [0, 0.05) is 22.6 Å². The van der Waals surface area contributed by atoms with E-state index in [1.165, 1.54) is 11.8 Å². The van der Waals surface area contributed by atoms with Crippen molar-refractivity contribution < 1.29 is 4.79 Å². The number of amides is 1. The SMILES string of the molecule is CCCSc1nc2c(c(=O)[nH]1)C(c1ccc(Br)cc1)CC(=O)N2. The molecule has 1 aliphatic rings. The lowest BCUT2D eigenvalue weighted by Crippen LogP contribution is -2.31. The van der Waals surface area contributed by atoms with Gasteiger partial charge in [0.2, 0.25) is 5.91 Å². The van der Waals surface area contributed by atoms with Crippen LogP contribution in [0, 0.1) is 0 Å². The normalized spacial score (nSPS) is 16.8. The number of hydrogen-bond acceptors (Lipinski definition) is 4. The summed E-state index contributed by atoms with van der Waals surface area (Å²) in [6.45, 7) is 2.06. The van der Waals surface area contributed by atoms with Gasteiger partial charge in [-0.05, 0) is 24.1 Å². The molecule has 0 saturated carbocycles. The number of carbonyl (C=O) groups excluding carboxylic acids is 1. The number of hydrogen-bond donors (Lipinski definition) is 2. The first kappa shape index (κ1) is 16.3. The maximum Gasteiger partial charge on any atom is 0.257 e. The van der Waals surface area contributed by atoms with E-state index in [9.17, 15) is 9.59 Å². The smallest absolute Gasteiger partial charge is 0.257 e. The van der Waals surface area contributed by atoms with Gasteiger partial charge in [0.1, 0.15) is 5.82 Å². The van der Waals surface area contributed by atoms with Gasteiger partial charge in [0.05, 0.1) is 5.56 Å². The Kier molecular flexibility index (Phi) is 4.87. The maximum absolute atomic E-state index is 12.5. The molecule has 5 nitrogen and oxygen atoms in total. The molecule has 0 aliphatic carbocycles. The van der Waals surface area contributed by atoms with Crippen LogP contribution in [0.2, 0.25) is 0 Å². The van der Waals surface area contributed by atoms with Crippen molar-refractivity contribution in [2.75, 3.05) is 11.1 Å². The van der Waals surface area contributed by atoms with Crippen LogP contribution < -0.4 is 10.9 Å². The highest BCUT2D eigenvalue weighted by Crippen LogP contribution is 2.34. The Labute approximate surface area is 146 Å². The summed E-state index contributed by atoms with van der Waals surface area (Å²) < 4.78 is 0.958. The number of nitrogens with one attached hydrogen (secondary N) is 2. The Hall–Kier alpha value is -1.60. The summed E-state index contributed by atoms with van der Waals surface area (Å²) in [5.74, 6) is 0.867. The topological polar surface area (TPSA) is 74.8 Å². The maximum atomic E-state index is 12.5. The van der Waals surface area contributed by atoms with Crippen molar-refractivity contribution in [2.45, 2.75) is 30.8 Å². The minimum Gasteiger partial charge on any atom is -0.310 e. The molecule has 120 valence electrons. The fourth-order valence-electron chi connectivity index (χ4n) is 2.60. The number of H-pyrrole nitrogens is 1. The van der Waals surface area contributed by atoms with Crippen LogP contribution in [-0.2, 0) is 4.79 Å². The summed E-state index contributed by atoms with van der Waals surface area (Å²) >= 11 is 4.88. The molecule has 2 N–H and O–H groups in total. The van der Waals surface area contributed by atoms with E-state index >= 15 is 0 Å². The van der Waals surface area contributed by atoms with Gasteiger partial charge in [0.15, 0.2) is 5.16 Å². The molecule has 0 spiro atoms. The Bertz CT molecular complexity index is 789. The van der Waals surface area contributed by atoms with Gasteiger partial charge in [0.25, 0.3) is 5.56 Å². The van der Waals surface area contributed by atoms with E-state index in [1.807, 2.05) is 24.3 Å². The van der Waals surface area contributed by atoms with Crippen LogP contribution >= 0.6 is 27.7 Å². The number of fused-ring (bicyclic) bond motifs is 1. The highest BCUT2D eigenvalue weighted by atomic mass is 79.9. The quantitative estimate of drug-likeness (QED) is 0.615. The fourth-order valence-corrected chi connectivity index (χ4v) is 3.58. The summed E-state index contributed by atoms with van der Waals surface area (Å²) in [5, 5.41) is 3.28. The van der Waals surface area contributed by atoms with Crippen molar-refractivity contribution in [3.8, 4) is 0 Å². The highest BCUT2D eigenvalue weighted by molar-refractivity contribution is 9.10. The Morgan fingerprint density at radius 2 is 2.04 bits per heavy atom. The number of thioether (sulfide) groups is 1. The standard InChI is InChI=1S/C16H16BrN3O2S/c1-2-7-23-16-19-14-13(15(22)20-16)11(8-12(21)18-14)9-3-5-10(17)6-4-9/h3-6,11H,2,7-8H2,1H3,(H2,18,19,20,21,22). The number of rotatable bonds is 4. The Balaban J connectivity index is 2.05. The molecular weight excluding hydrogens is 378 g/mol. The minimum atomic E-state index is -0.270. The summed E-state index contributed by atoms with van der Waals surface area (Å²) in [6, 6.07) is 7.68. The second-order valence-corrected chi connectivity index (χ2v) is 7.34. The minimum absolute atomic E-state index is 0.116. The number of aromatic nitrogens is 2. The second-order valence-electron chi connectivity index (χ2n) is 5.34. The van der Waals surface area contributed by atoms with E-state index in [0.29, 0.717) is 16.5 Å². The molecule has 0 radical (unpaired) electrons. The van der Waals surface area contributed by atoms with E-state index in [0.717, 1.165) is 22.2 Å². The lowest BCUT2D eigenvalue weighted by molar-refractivity contribution is -0.116. The van der Waals surface area contributed by atoms with Crippen LogP contribution in [0.4, 0.5) is 5.82 Å². The van der Waals surface area contributed by atoms with E-state index in [1.54, 1.807) is 0 Å². The third-order valence-electron chi connectivity index (χ3n) is 3.64. The number of carbonyl (C=O) groups is 1. The van der Waals surface area contributed by atoms with Crippen molar-refractivity contribution in [3.63, 3.8) is 0 Å². The molecule has 1 unspecified atom stereocenters. The van der Waals surface area contributed by atoms with Gasteiger partial charge in [-0.3, -0.25) is 9.59 Å². The van der Waals surface area contributed by atoms with Crippen molar-refractivity contribution in [3.05, 3.63) is 50.2 Å². The van der Waals surface area contributed by atoms with Crippen molar-refractivity contribution in [2.24, 2.45) is 0 Å². The third-order valence-corrected chi connectivity index (χ3v) is 5.25. The lowest BCUT2D eigenvalue weighted by Gasteiger charge is -2.24.